The molecular weight excluding hydrogens is 232 g/mol. The number of aromatic nitrogens is 1. The highest BCUT2D eigenvalue weighted by Crippen LogP contribution is 2.38. The van der Waals surface area contributed by atoms with E-state index in [4.69, 9.17) is 0 Å². The van der Waals surface area contributed by atoms with Crippen molar-refractivity contribution < 1.29 is 0 Å². The number of nitrogens with zero attached hydrogens (tertiary/aromatic N) is 2. The van der Waals surface area contributed by atoms with E-state index in [9.17, 15) is 0 Å². The van der Waals surface area contributed by atoms with Gasteiger partial charge in [-0.05, 0) is 44.0 Å². The van der Waals surface area contributed by atoms with Crippen molar-refractivity contribution in [3.63, 3.8) is 0 Å². The molecule has 1 saturated heterocycles. The number of benzene rings is 1. The maximum Gasteiger partial charge on any atom is 0.0482 e. The second kappa shape index (κ2) is 3.97. The van der Waals surface area contributed by atoms with Gasteiger partial charge in [0.25, 0.3) is 0 Å². The zero-order chi connectivity index (χ0) is 13.0. The largest absolute Gasteiger partial charge is 0.344 e. The van der Waals surface area contributed by atoms with Gasteiger partial charge in [0.15, 0.2) is 0 Å². The van der Waals surface area contributed by atoms with Crippen molar-refractivity contribution in [3.8, 4) is 0 Å². The van der Waals surface area contributed by atoms with Gasteiger partial charge >= 0.3 is 0 Å². The molecule has 2 nitrogen and oxygen atoms in total. The number of likely N-dealkylation sites (N-methyl/N-ethyl adjacent to an activating group) is 1. The number of fused-ring (bicyclic) bond motifs is 3. The molecule has 2 aliphatic rings. The fourth-order valence-electron chi connectivity index (χ4n) is 3.83. The predicted molar refractivity (Wildman–Crippen MR) is 80.1 cm³/mol. The van der Waals surface area contributed by atoms with E-state index in [0.717, 1.165) is 6.04 Å². The summed E-state index contributed by atoms with van der Waals surface area (Å²) in [7, 11) is 4.47. The van der Waals surface area contributed by atoms with Crippen LogP contribution in [0, 0.1) is 0 Å². The molecule has 4 rings (SSSR count). The molecule has 2 heteroatoms. The van der Waals surface area contributed by atoms with E-state index in [1.165, 1.54) is 35.9 Å². The number of rotatable bonds is 1. The van der Waals surface area contributed by atoms with Crippen LogP contribution < -0.4 is 0 Å². The average Bonchev–Trinajstić information content (AvgIpc) is 2.84. The van der Waals surface area contributed by atoms with Gasteiger partial charge in [0.1, 0.15) is 0 Å². The van der Waals surface area contributed by atoms with Crippen molar-refractivity contribution in [1.82, 2.24) is 9.47 Å². The molecule has 1 fully saturated rings. The van der Waals surface area contributed by atoms with Gasteiger partial charge in [0.05, 0.1) is 0 Å². The second-order valence-electron chi connectivity index (χ2n) is 6.01. The lowest BCUT2D eigenvalue weighted by atomic mass is 9.99. The summed E-state index contributed by atoms with van der Waals surface area (Å²) in [6.45, 7) is 0. The third kappa shape index (κ3) is 1.59. The van der Waals surface area contributed by atoms with Crippen LogP contribution >= 0.6 is 0 Å². The van der Waals surface area contributed by atoms with Crippen LogP contribution in [-0.2, 0) is 7.05 Å². The summed E-state index contributed by atoms with van der Waals surface area (Å²) in [5.41, 5.74) is 4.29. The first-order valence-electron chi connectivity index (χ1n) is 7.21. The van der Waals surface area contributed by atoms with Crippen LogP contribution in [0.3, 0.4) is 0 Å². The highest BCUT2D eigenvalue weighted by Gasteiger charge is 2.34. The normalized spacial score (nSPS) is 26.9. The van der Waals surface area contributed by atoms with E-state index in [2.05, 4.69) is 60.0 Å². The summed E-state index contributed by atoms with van der Waals surface area (Å²) in [6, 6.07) is 12.4. The predicted octanol–water partition coefficient (Wildman–Crippen LogP) is 3.43. The van der Waals surface area contributed by atoms with Gasteiger partial charge in [0.2, 0.25) is 0 Å². The minimum atomic E-state index is 0.659. The molecule has 0 amide bonds. The minimum Gasteiger partial charge on any atom is -0.344 e. The topological polar surface area (TPSA) is 8.17 Å². The number of hydrogen-bond donors (Lipinski definition) is 0. The molecule has 0 radical (unpaired) electrons. The van der Waals surface area contributed by atoms with E-state index in [0.29, 0.717) is 6.04 Å². The van der Waals surface area contributed by atoms with Gasteiger partial charge in [-0.15, -0.1) is 0 Å². The molecule has 2 aliphatic heterocycles. The van der Waals surface area contributed by atoms with Crippen molar-refractivity contribution in [1.29, 1.82) is 0 Å². The van der Waals surface area contributed by atoms with Gasteiger partial charge in [-0.25, -0.2) is 0 Å². The third-order valence-electron chi connectivity index (χ3n) is 5.02. The summed E-state index contributed by atoms with van der Waals surface area (Å²) >= 11 is 0. The quantitative estimate of drug-likeness (QED) is 0.755. The number of hydrogen-bond acceptors (Lipinski definition) is 1. The molecule has 2 aromatic rings. The lowest BCUT2D eigenvalue weighted by Gasteiger charge is -2.30. The molecule has 2 bridgehead atoms. The first kappa shape index (κ1) is 11.3. The summed E-state index contributed by atoms with van der Waals surface area (Å²) in [5.74, 6) is 0. The molecule has 0 saturated carbocycles. The lowest BCUT2D eigenvalue weighted by molar-refractivity contribution is 0.264. The Labute approximate surface area is 114 Å². The lowest BCUT2D eigenvalue weighted by Crippen LogP contribution is -2.34. The molecule has 98 valence electrons. The molecule has 2 atom stereocenters. The van der Waals surface area contributed by atoms with Crippen LogP contribution in [0.1, 0.15) is 25.0 Å². The standard InChI is InChI=1S/C17H20N2/c1-18-14-7-8-15(18)10-13(9-14)17-11-12-5-3-4-6-16(12)19(17)2/h3-6,9,11,14-15H,7-8,10H2,1-2H3. The summed E-state index contributed by atoms with van der Waals surface area (Å²) in [5, 5.41) is 1.35. The number of aryl methyl sites for hydroxylation is 1. The molecule has 2 unspecified atom stereocenters. The van der Waals surface area contributed by atoms with Gasteiger partial charge in [-0.2, -0.15) is 0 Å². The Balaban J connectivity index is 1.83. The SMILES string of the molecule is CN1C2C=C(c3cc4ccccc4n3C)CC1CC2. The first-order chi connectivity index (χ1) is 9.24. The Bertz CT molecular complexity index is 665. The van der Waals surface area contributed by atoms with Crippen LogP contribution in [0.4, 0.5) is 0 Å². The van der Waals surface area contributed by atoms with E-state index < -0.39 is 0 Å². The smallest absolute Gasteiger partial charge is 0.0482 e. The number of para-hydroxylation sites is 1. The monoisotopic (exact) mass is 252 g/mol. The van der Waals surface area contributed by atoms with Crippen LogP contribution in [0.2, 0.25) is 0 Å². The van der Waals surface area contributed by atoms with Crippen LogP contribution in [0.15, 0.2) is 36.4 Å². The molecule has 0 aliphatic carbocycles. The van der Waals surface area contributed by atoms with Crippen LogP contribution in [0.5, 0.6) is 0 Å². The minimum absolute atomic E-state index is 0.659. The average molecular weight is 252 g/mol. The van der Waals surface area contributed by atoms with E-state index in [1.807, 2.05) is 0 Å². The molecular formula is C17H20N2. The first-order valence-corrected chi connectivity index (χ1v) is 7.21. The van der Waals surface area contributed by atoms with Crippen LogP contribution in [-0.4, -0.2) is 28.6 Å². The fourth-order valence-corrected chi connectivity index (χ4v) is 3.83. The molecule has 1 aromatic carbocycles. The Morgan fingerprint density at radius 2 is 1.95 bits per heavy atom. The summed E-state index contributed by atoms with van der Waals surface area (Å²) in [4.78, 5) is 2.55. The van der Waals surface area contributed by atoms with Gasteiger partial charge in [0, 0.05) is 35.7 Å². The third-order valence-corrected chi connectivity index (χ3v) is 5.02. The van der Waals surface area contributed by atoms with Gasteiger partial charge in [-0.1, -0.05) is 24.3 Å². The maximum absolute atomic E-state index is 2.55. The second-order valence-corrected chi connectivity index (χ2v) is 6.01. The van der Waals surface area contributed by atoms with Gasteiger partial charge < -0.3 is 4.57 Å². The Morgan fingerprint density at radius 1 is 1.11 bits per heavy atom. The summed E-state index contributed by atoms with van der Waals surface area (Å²) < 4.78 is 2.35. The van der Waals surface area contributed by atoms with Crippen molar-refractivity contribution >= 4 is 16.5 Å². The fraction of sp³-hybridized carbons (Fsp3) is 0.412. The molecule has 3 heterocycles. The zero-order valence-corrected chi connectivity index (χ0v) is 11.6. The Morgan fingerprint density at radius 3 is 2.74 bits per heavy atom. The molecule has 19 heavy (non-hydrogen) atoms. The molecule has 0 N–H and O–H groups in total. The van der Waals surface area contributed by atoms with Gasteiger partial charge in [-0.3, -0.25) is 4.90 Å². The summed E-state index contributed by atoms with van der Waals surface area (Å²) in [6.07, 6.45) is 6.38. The zero-order valence-electron chi connectivity index (χ0n) is 11.6. The Kier molecular flexibility index (Phi) is 2.36. The molecule has 1 aromatic heterocycles. The van der Waals surface area contributed by atoms with E-state index >= 15 is 0 Å². The van der Waals surface area contributed by atoms with Crippen molar-refractivity contribution in [2.24, 2.45) is 7.05 Å². The maximum atomic E-state index is 2.55. The highest BCUT2D eigenvalue weighted by molar-refractivity contribution is 5.86. The van der Waals surface area contributed by atoms with E-state index in [1.54, 1.807) is 5.57 Å². The van der Waals surface area contributed by atoms with E-state index in [-0.39, 0.29) is 0 Å². The highest BCUT2D eigenvalue weighted by atomic mass is 15.2. The van der Waals surface area contributed by atoms with Crippen molar-refractivity contribution in [2.45, 2.75) is 31.3 Å². The Hall–Kier alpha value is -1.54. The van der Waals surface area contributed by atoms with Crippen molar-refractivity contribution in [2.75, 3.05) is 7.05 Å². The molecule has 0 spiro atoms. The van der Waals surface area contributed by atoms with Crippen LogP contribution in [0.25, 0.3) is 16.5 Å². The van der Waals surface area contributed by atoms with Crippen molar-refractivity contribution in [3.05, 3.63) is 42.1 Å².